The lowest BCUT2D eigenvalue weighted by molar-refractivity contribution is -0.137. The van der Waals surface area contributed by atoms with Gasteiger partial charge >= 0.3 is 12.2 Å². The van der Waals surface area contributed by atoms with Crippen LogP contribution >= 0.6 is 23.2 Å². The first kappa shape index (κ1) is 29.9. The number of halogens is 6. The first-order valence-corrected chi connectivity index (χ1v) is 14.7. The summed E-state index contributed by atoms with van der Waals surface area (Å²) >= 11 is 12.4. The topological polar surface area (TPSA) is 64.2 Å². The Hall–Kier alpha value is -2.12. The van der Waals surface area contributed by atoms with Gasteiger partial charge in [0.2, 0.25) is 10.0 Å². The number of amides is 2. The van der Waals surface area contributed by atoms with E-state index in [-0.39, 0.29) is 62.8 Å². The average Bonchev–Trinajstić information content (AvgIpc) is 3.30. The predicted molar refractivity (Wildman–Crippen MR) is 141 cm³/mol. The minimum atomic E-state index is -4.68. The van der Waals surface area contributed by atoms with Gasteiger partial charge in [-0.25, -0.2) is 17.6 Å². The lowest BCUT2D eigenvalue weighted by Gasteiger charge is -2.35. The Kier molecular flexibility index (Phi) is 8.73. The number of carbonyl (C=O) groups excluding carboxylic acids is 1. The number of hydrogen-bond donors (Lipinski definition) is 0. The fourth-order valence-corrected chi connectivity index (χ4v) is 6.31. The van der Waals surface area contributed by atoms with E-state index in [0.717, 1.165) is 24.0 Å². The molecule has 0 saturated carbocycles. The zero-order valence-electron chi connectivity index (χ0n) is 21.3. The van der Waals surface area contributed by atoms with Crippen LogP contribution in [0.25, 0.3) is 0 Å². The molecule has 2 aliphatic rings. The molecule has 0 bridgehead atoms. The largest absolute Gasteiger partial charge is 0.416 e. The number of sulfonamides is 1. The molecule has 2 saturated heterocycles. The fourth-order valence-electron chi connectivity index (χ4n) is 5.18. The van der Waals surface area contributed by atoms with E-state index in [1.165, 1.54) is 4.31 Å². The van der Waals surface area contributed by atoms with E-state index in [0.29, 0.717) is 22.7 Å². The number of piperazine rings is 1. The lowest BCUT2D eigenvalue weighted by atomic mass is 9.93. The average molecular weight is 611 g/mol. The van der Waals surface area contributed by atoms with Gasteiger partial charge in [0.05, 0.1) is 21.9 Å². The molecule has 39 heavy (non-hydrogen) atoms. The highest BCUT2D eigenvalue weighted by Crippen LogP contribution is 2.36. The molecule has 4 rings (SSSR count). The third kappa shape index (κ3) is 6.97. The molecule has 2 atom stereocenters. The highest BCUT2D eigenvalue weighted by Gasteiger charge is 2.41. The van der Waals surface area contributed by atoms with Crippen LogP contribution in [0.5, 0.6) is 0 Å². The summed E-state index contributed by atoms with van der Waals surface area (Å²) in [6, 6.07) is 7.01. The van der Waals surface area contributed by atoms with Gasteiger partial charge in [0.15, 0.2) is 0 Å². The highest BCUT2D eigenvalue weighted by molar-refractivity contribution is 7.88. The molecule has 2 aromatic carbocycles. The van der Waals surface area contributed by atoms with Gasteiger partial charge in [-0.05, 0) is 48.5 Å². The number of likely N-dealkylation sites (tertiary alicyclic amines) is 1. The van der Waals surface area contributed by atoms with Crippen LogP contribution in [0.4, 0.5) is 22.4 Å². The molecular formula is C25H28Cl2F4N4O3S. The third-order valence-corrected chi connectivity index (χ3v) is 9.23. The smallest absolute Gasteiger partial charge is 0.322 e. The number of likely N-dealkylation sites (N-methyl/N-ethyl adjacent to an activating group) is 1. The quantitative estimate of drug-likeness (QED) is 0.459. The summed E-state index contributed by atoms with van der Waals surface area (Å²) in [6.07, 6.45) is -3.56. The van der Waals surface area contributed by atoms with Crippen molar-refractivity contribution in [1.82, 2.24) is 19.0 Å². The molecule has 14 heteroatoms. The molecule has 2 aliphatic heterocycles. The van der Waals surface area contributed by atoms with E-state index in [4.69, 9.17) is 23.2 Å². The summed E-state index contributed by atoms with van der Waals surface area (Å²) in [6.45, 7) is 1.44. The number of nitrogens with zero attached hydrogens (tertiary/aromatic N) is 4. The van der Waals surface area contributed by atoms with Crippen molar-refractivity contribution in [2.75, 3.05) is 52.6 Å². The van der Waals surface area contributed by atoms with Crippen molar-refractivity contribution >= 4 is 39.3 Å². The number of alkyl halides is 3. The first-order chi connectivity index (χ1) is 18.1. The molecule has 2 amide bonds. The molecule has 2 fully saturated rings. The molecule has 0 radical (unpaired) electrons. The van der Waals surface area contributed by atoms with Crippen molar-refractivity contribution < 1.29 is 30.8 Å². The van der Waals surface area contributed by atoms with Crippen molar-refractivity contribution in [2.45, 2.75) is 24.7 Å². The Bertz CT molecular complexity index is 1340. The first-order valence-electron chi connectivity index (χ1n) is 12.1. The maximum absolute atomic E-state index is 14.0. The van der Waals surface area contributed by atoms with Crippen LogP contribution in [0, 0.1) is 5.82 Å². The van der Waals surface area contributed by atoms with Gasteiger partial charge in [-0.1, -0.05) is 29.3 Å². The number of benzene rings is 2. The zero-order chi connectivity index (χ0) is 28.7. The Labute approximate surface area is 234 Å². The standard InChI is InChI=1S/C25H28Cl2F4N4O3S/c1-32(13-16-9-18(25(29,30)31)12-19(28)10-16)23-15-34(14-20(23)17-3-4-21(26)22(27)11-17)24(36)33-5-7-35(8-6-33)39(2,37)38/h3-4,9-12,20,23H,5-8,13-15H2,1-2H3/t20-,23+/m1/s1. The van der Waals surface area contributed by atoms with Crippen LogP contribution in [-0.2, 0) is 22.7 Å². The molecule has 0 aliphatic carbocycles. The van der Waals surface area contributed by atoms with Crippen molar-refractivity contribution in [1.29, 1.82) is 0 Å². The van der Waals surface area contributed by atoms with Gasteiger partial charge < -0.3 is 9.80 Å². The van der Waals surface area contributed by atoms with Gasteiger partial charge in [0.1, 0.15) is 5.82 Å². The van der Waals surface area contributed by atoms with Crippen LogP contribution in [0.1, 0.15) is 22.6 Å². The van der Waals surface area contributed by atoms with Crippen LogP contribution in [0.2, 0.25) is 10.0 Å². The SMILES string of the molecule is CN(Cc1cc(F)cc(C(F)(F)F)c1)[C@H]1CN(C(=O)N2CCN(S(C)(=O)=O)CC2)C[C@@H]1c1ccc(Cl)c(Cl)c1. The van der Waals surface area contributed by atoms with Gasteiger partial charge in [-0.15, -0.1) is 0 Å². The third-order valence-electron chi connectivity index (χ3n) is 7.19. The molecule has 214 valence electrons. The normalized spacial score (nSPS) is 21.2. The van der Waals surface area contributed by atoms with E-state index < -0.39 is 27.6 Å². The summed E-state index contributed by atoms with van der Waals surface area (Å²) in [5.41, 5.74) is -0.114. The summed E-state index contributed by atoms with van der Waals surface area (Å²) < 4.78 is 78.8. The van der Waals surface area contributed by atoms with Crippen LogP contribution in [0.3, 0.4) is 0 Å². The zero-order valence-corrected chi connectivity index (χ0v) is 23.6. The lowest BCUT2D eigenvalue weighted by Crippen LogP contribution is -2.53. The second kappa shape index (κ2) is 11.4. The summed E-state index contributed by atoms with van der Waals surface area (Å²) in [7, 11) is -1.64. The molecule has 2 heterocycles. The maximum atomic E-state index is 14.0. The Morgan fingerprint density at radius 2 is 1.67 bits per heavy atom. The Balaban J connectivity index is 1.56. The minimum absolute atomic E-state index is 0.0123. The second-order valence-electron chi connectivity index (χ2n) is 9.95. The predicted octanol–water partition coefficient (Wildman–Crippen LogP) is 4.75. The van der Waals surface area contributed by atoms with Crippen LogP contribution in [-0.4, -0.2) is 92.1 Å². The second-order valence-corrected chi connectivity index (χ2v) is 12.7. The van der Waals surface area contributed by atoms with Crippen molar-refractivity contribution in [3.63, 3.8) is 0 Å². The number of rotatable bonds is 5. The molecule has 0 N–H and O–H groups in total. The molecule has 7 nitrogen and oxygen atoms in total. The van der Waals surface area contributed by atoms with Gasteiger partial charge in [-0.3, -0.25) is 4.90 Å². The molecule has 0 unspecified atom stereocenters. The number of carbonyl (C=O) groups is 1. The van der Waals surface area contributed by atoms with Gasteiger partial charge in [0, 0.05) is 57.8 Å². The summed E-state index contributed by atoms with van der Waals surface area (Å²) in [5.74, 6) is -1.24. The molecule has 2 aromatic rings. The Morgan fingerprint density at radius 1 is 1.00 bits per heavy atom. The monoisotopic (exact) mass is 610 g/mol. The molecular weight excluding hydrogens is 583 g/mol. The van der Waals surface area contributed by atoms with E-state index in [2.05, 4.69) is 0 Å². The highest BCUT2D eigenvalue weighted by atomic mass is 35.5. The van der Waals surface area contributed by atoms with Crippen LogP contribution in [0.15, 0.2) is 36.4 Å². The Morgan fingerprint density at radius 3 is 2.26 bits per heavy atom. The van der Waals surface area contributed by atoms with E-state index in [9.17, 15) is 30.8 Å². The van der Waals surface area contributed by atoms with E-state index in [1.807, 2.05) is 0 Å². The van der Waals surface area contributed by atoms with Crippen molar-refractivity contribution in [3.8, 4) is 0 Å². The maximum Gasteiger partial charge on any atom is 0.416 e. The molecule has 0 aromatic heterocycles. The van der Waals surface area contributed by atoms with Crippen molar-refractivity contribution in [2.24, 2.45) is 0 Å². The van der Waals surface area contributed by atoms with Crippen molar-refractivity contribution in [3.05, 3.63) is 69.0 Å². The van der Waals surface area contributed by atoms with E-state index in [1.54, 1.807) is 39.9 Å². The fraction of sp³-hybridized carbons (Fsp3) is 0.480. The minimum Gasteiger partial charge on any atom is -0.322 e. The van der Waals surface area contributed by atoms with E-state index >= 15 is 0 Å². The number of urea groups is 1. The number of hydrogen-bond acceptors (Lipinski definition) is 4. The summed E-state index contributed by atoms with van der Waals surface area (Å²) in [5, 5.41) is 0.691. The molecule has 0 spiro atoms. The van der Waals surface area contributed by atoms with Gasteiger partial charge in [0.25, 0.3) is 0 Å². The van der Waals surface area contributed by atoms with Crippen LogP contribution < -0.4 is 0 Å². The van der Waals surface area contributed by atoms with Gasteiger partial charge in [-0.2, -0.15) is 17.5 Å². The summed E-state index contributed by atoms with van der Waals surface area (Å²) in [4.78, 5) is 18.5.